The molecule has 2 heterocycles. The minimum Gasteiger partial charge on any atom is -0.370 e. The fraction of sp³-hybridized carbons (Fsp3) is 0.543. The third-order valence-corrected chi connectivity index (χ3v) is 8.42. The van der Waals surface area contributed by atoms with Crippen molar-refractivity contribution in [3.8, 4) is 0 Å². The van der Waals surface area contributed by atoms with Crippen LogP contribution in [0.25, 0.3) is 0 Å². The van der Waals surface area contributed by atoms with Gasteiger partial charge in [0.1, 0.15) is 24.2 Å². The molecule has 0 radical (unpaired) electrons. The van der Waals surface area contributed by atoms with Gasteiger partial charge in [-0.2, -0.15) is 0 Å². The molecule has 2 aromatic rings. The van der Waals surface area contributed by atoms with Crippen LogP contribution in [0.2, 0.25) is 0 Å². The molecule has 1 saturated heterocycles. The summed E-state index contributed by atoms with van der Waals surface area (Å²) in [5.74, 6) is -3.32. The second-order valence-corrected chi connectivity index (χ2v) is 12.7. The van der Waals surface area contributed by atoms with E-state index < -0.39 is 53.7 Å². The van der Waals surface area contributed by atoms with Gasteiger partial charge in [-0.25, -0.2) is 4.98 Å². The third-order valence-electron chi connectivity index (χ3n) is 8.42. The van der Waals surface area contributed by atoms with Crippen LogP contribution < -0.4 is 43.4 Å². The SMILES string of the molecule is CCCCCCC(=O)N[C@H]1CCC(=O)NCCNC(=O)[C@H](CCCN=C(N)N)NC(=O)[C@@H](Cc2ccccc2)NC(=O)C(Cc2cnc[nH]2)NC1=O. The Morgan fingerprint density at radius 1 is 0.846 bits per heavy atom. The number of benzene rings is 1. The molecule has 1 unspecified atom stereocenters. The van der Waals surface area contributed by atoms with E-state index in [-0.39, 0.29) is 70.0 Å². The van der Waals surface area contributed by atoms with Crippen molar-refractivity contribution in [3.05, 3.63) is 54.1 Å². The average molecular weight is 724 g/mol. The van der Waals surface area contributed by atoms with E-state index in [0.29, 0.717) is 18.5 Å². The molecule has 6 amide bonds. The number of unbranched alkanes of at least 4 members (excludes halogenated alkanes) is 3. The van der Waals surface area contributed by atoms with Crippen molar-refractivity contribution in [1.82, 2.24) is 41.9 Å². The van der Waals surface area contributed by atoms with Crippen LogP contribution in [0, 0.1) is 0 Å². The lowest BCUT2D eigenvalue weighted by molar-refractivity contribution is -0.135. The van der Waals surface area contributed by atoms with E-state index in [2.05, 4.69) is 53.8 Å². The Morgan fingerprint density at radius 2 is 1.54 bits per heavy atom. The Morgan fingerprint density at radius 3 is 2.23 bits per heavy atom. The van der Waals surface area contributed by atoms with Crippen molar-refractivity contribution in [2.75, 3.05) is 19.6 Å². The summed E-state index contributed by atoms with van der Waals surface area (Å²) in [6, 6.07) is 4.53. The molecule has 1 fully saturated rings. The molecule has 1 aromatic heterocycles. The van der Waals surface area contributed by atoms with Crippen molar-refractivity contribution in [2.24, 2.45) is 16.5 Å². The Hall–Kier alpha value is -5.48. The maximum Gasteiger partial charge on any atom is 0.243 e. The number of aliphatic imine (C=N–C) groups is 1. The van der Waals surface area contributed by atoms with E-state index in [4.69, 9.17) is 11.5 Å². The van der Waals surface area contributed by atoms with Crippen molar-refractivity contribution >= 4 is 41.4 Å². The highest BCUT2D eigenvalue weighted by molar-refractivity contribution is 5.96. The molecular formula is C35H53N11O6. The molecule has 1 aromatic carbocycles. The number of aromatic amines is 1. The van der Waals surface area contributed by atoms with E-state index in [9.17, 15) is 28.8 Å². The summed E-state index contributed by atoms with van der Waals surface area (Å²) in [6.45, 7) is 2.42. The fourth-order valence-corrected chi connectivity index (χ4v) is 5.60. The van der Waals surface area contributed by atoms with Crippen LogP contribution in [0.3, 0.4) is 0 Å². The lowest BCUT2D eigenvalue weighted by atomic mass is 10.0. The van der Waals surface area contributed by atoms with Gasteiger partial charge in [0, 0.05) is 57.2 Å². The summed E-state index contributed by atoms with van der Waals surface area (Å²) < 4.78 is 0. The van der Waals surface area contributed by atoms with Gasteiger partial charge in [-0.15, -0.1) is 0 Å². The van der Waals surface area contributed by atoms with Gasteiger partial charge in [0.05, 0.1) is 6.33 Å². The van der Waals surface area contributed by atoms with Crippen LogP contribution in [0.4, 0.5) is 0 Å². The monoisotopic (exact) mass is 723 g/mol. The molecule has 3 rings (SSSR count). The van der Waals surface area contributed by atoms with E-state index in [1.165, 1.54) is 12.5 Å². The third kappa shape index (κ3) is 15.2. The fourth-order valence-electron chi connectivity index (χ4n) is 5.60. The first-order valence-corrected chi connectivity index (χ1v) is 17.9. The van der Waals surface area contributed by atoms with Gasteiger partial charge in [0.25, 0.3) is 0 Å². The summed E-state index contributed by atoms with van der Waals surface area (Å²) >= 11 is 0. The molecule has 0 saturated carbocycles. The number of guanidine groups is 1. The van der Waals surface area contributed by atoms with Crippen molar-refractivity contribution < 1.29 is 28.8 Å². The number of amides is 6. The topological polar surface area (TPSA) is 268 Å². The number of carbonyl (C=O) groups is 6. The Balaban J connectivity index is 1.92. The highest BCUT2D eigenvalue weighted by Gasteiger charge is 2.32. The highest BCUT2D eigenvalue weighted by Crippen LogP contribution is 2.10. The van der Waals surface area contributed by atoms with Gasteiger partial charge in [0.2, 0.25) is 35.4 Å². The first-order chi connectivity index (χ1) is 25.0. The number of H-pyrrole nitrogens is 1. The number of nitrogens with two attached hydrogens (primary N) is 2. The predicted molar refractivity (Wildman–Crippen MR) is 194 cm³/mol. The van der Waals surface area contributed by atoms with E-state index in [0.717, 1.165) is 24.8 Å². The summed E-state index contributed by atoms with van der Waals surface area (Å²) in [5.41, 5.74) is 12.1. The maximum atomic E-state index is 14.0. The standard InChI is InChI=1S/C35H53N11O6/c1-2-3-4-8-13-30(48)43-26-14-15-29(47)39-17-18-40-31(49)25(12-9-16-41-35(36)37)44-33(51)27(19-23-10-6-5-7-11-23)45-34(52)28(46-32(26)50)20-24-21-38-22-42-24/h5-7,10-11,21-22,25-28H,2-4,8-9,12-20H2,1H3,(H,38,42)(H,39,47)(H,40,49)(H,43,48)(H,44,51)(H,45,52)(H,46,50)(H4,36,37,41)/t25-,26-,27+,28?/m0/s1. The van der Waals surface area contributed by atoms with E-state index in [1.807, 2.05) is 6.07 Å². The largest absolute Gasteiger partial charge is 0.370 e. The van der Waals surface area contributed by atoms with Crippen LogP contribution in [-0.2, 0) is 41.6 Å². The number of nitrogens with zero attached hydrogens (tertiary/aromatic N) is 2. The summed E-state index contributed by atoms with van der Waals surface area (Å²) in [4.78, 5) is 91.5. The number of hydrogen-bond acceptors (Lipinski definition) is 8. The number of carbonyl (C=O) groups excluding carboxylic acids is 6. The maximum absolute atomic E-state index is 14.0. The number of rotatable bonds is 14. The summed E-state index contributed by atoms with van der Waals surface area (Å²) in [7, 11) is 0. The Labute approximate surface area is 303 Å². The normalized spacial score (nSPS) is 20.9. The average Bonchev–Trinajstić information content (AvgIpc) is 3.64. The predicted octanol–water partition coefficient (Wildman–Crippen LogP) is -0.816. The molecule has 4 atom stereocenters. The molecule has 0 bridgehead atoms. The van der Waals surface area contributed by atoms with Crippen molar-refractivity contribution in [2.45, 2.75) is 102 Å². The minimum absolute atomic E-state index is 0.0226. The minimum atomic E-state index is -1.21. The molecule has 17 heteroatoms. The van der Waals surface area contributed by atoms with E-state index >= 15 is 0 Å². The molecule has 0 spiro atoms. The Kier molecular flexibility index (Phi) is 17.6. The zero-order valence-electron chi connectivity index (χ0n) is 29.7. The van der Waals surface area contributed by atoms with Gasteiger partial charge in [-0.05, 0) is 31.2 Å². The van der Waals surface area contributed by atoms with Gasteiger partial charge in [0.15, 0.2) is 5.96 Å². The molecule has 17 nitrogen and oxygen atoms in total. The van der Waals surface area contributed by atoms with Crippen molar-refractivity contribution in [3.63, 3.8) is 0 Å². The molecular weight excluding hydrogens is 670 g/mol. The van der Waals surface area contributed by atoms with Crippen LogP contribution in [0.15, 0.2) is 47.8 Å². The number of aromatic nitrogens is 2. The zero-order chi connectivity index (χ0) is 37.7. The second-order valence-electron chi connectivity index (χ2n) is 12.7. The van der Waals surface area contributed by atoms with Gasteiger partial charge < -0.3 is 48.4 Å². The first-order valence-electron chi connectivity index (χ1n) is 17.9. The lowest BCUT2D eigenvalue weighted by Crippen LogP contribution is -2.59. The highest BCUT2D eigenvalue weighted by atomic mass is 16.2. The van der Waals surface area contributed by atoms with Crippen LogP contribution in [0.5, 0.6) is 0 Å². The molecule has 0 aliphatic carbocycles. The van der Waals surface area contributed by atoms with Crippen LogP contribution in [0.1, 0.15) is 76.0 Å². The molecule has 284 valence electrons. The van der Waals surface area contributed by atoms with Crippen LogP contribution in [-0.4, -0.2) is 95.2 Å². The first kappa shape index (κ1) is 40.9. The van der Waals surface area contributed by atoms with E-state index in [1.54, 1.807) is 24.3 Å². The molecule has 1 aliphatic heterocycles. The quantitative estimate of drug-likeness (QED) is 0.0669. The smallest absolute Gasteiger partial charge is 0.243 e. The summed E-state index contributed by atoms with van der Waals surface area (Å²) in [5, 5.41) is 16.5. The molecule has 11 N–H and O–H groups in total. The second kappa shape index (κ2) is 22.4. The lowest BCUT2D eigenvalue weighted by Gasteiger charge is -2.27. The number of hydrogen-bond donors (Lipinski definition) is 9. The number of imidazole rings is 1. The van der Waals surface area contributed by atoms with Gasteiger partial charge in [-0.3, -0.25) is 33.8 Å². The number of nitrogens with one attached hydrogen (secondary N) is 7. The molecule has 1 aliphatic rings. The zero-order valence-corrected chi connectivity index (χ0v) is 29.7. The Bertz CT molecular complexity index is 1480. The van der Waals surface area contributed by atoms with Gasteiger partial charge in [-0.1, -0.05) is 56.5 Å². The van der Waals surface area contributed by atoms with Crippen LogP contribution >= 0.6 is 0 Å². The van der Waals surface area contributed by atoms with Gasteiger partial charge >= 0.3 is 0 Å². The molecule has 52 heavy (non-hydrogen) atoms. The van der Waals surface area contributed by atoms with Crippen molar-refractivity contribution in [1.29, 1.82) is 0 Å². The summed E-state index contributed by atoms with van der Waals surface area (Å²) in [6.07, 6.45) is 7.07.